The topological polar surface area (TPSA) is 78.9 Å². The summed E-state index contributed by atoms with van der Waals surface area (Å²) in [4.78, 5) is 25.1. The molecule has 6 nitrogen and oxygen atoms in total. The Morgan fingerprint density at radius 3 is 2.81 bits per heavy atom. The van der Waals surface area contributed by atoms with Crippen LogP contribution in [-0.4, -0.2) is 36.3 Å². The van der Waals surface area contributed by atoms with Crippen molar-refractivity contribution in [3.63, 3.8) is 0 Å². The van der Waals surface area contributed by atoms with Gasteiger partial charge in [-0.05, 0) is 30.9 Å². The molecule has 2 amide bonds. The predicted molar refractivity (Wildman–Crippen MR) is 77.0 cm³/mol. The largest absolute Gasteiger partial charge is 0.489 e. The molecule has 1 aliphatic heterocycles. The van der Waals surface area contributed by atoms with Crippen molar-refractivity contribution >= 4 is 17.7 Å². The normalized spacial score (nSPS) is 23.6. The molecule has 6 heteroatoms. The number of nitrogens with one attached hydrogen (secondary N) is 1. The van der Waals surface area contributed by atoms with Gasteiger partial charge in [0, 0.05) is 6.04 Å². The van der Waals surface area contributed by atoms with Crippen molar-refractivity contribution in [2.24, 2.45) is 5.92 Å². The number of carbonyl (C=O) groups excluding carboxylic acids is 1. The molecular weight excluding hydrogens is 272 g/mol. The second-order valence-corrected chi connectivity index (χ2v) is 5.68. The number of hydrogen-bond acceptors (Lipinski definition) is 3. The van der Waals surface area contributed by atoms with E-state index in [4.69, 9.17) is 4.74 Å². The SMILES string of the molecule is CC1CC(NC(=O)N2CCOc3c(C(=O)O)cccc32)C1. The zero-order valence-electron chi connectivity index (χ0n) is 11.8. The number of hydrogen-bond donors (Lipinski definition) is 2. The number of para-hydroxylation sites is 1. The molecule has 1 aromatic rings. The molecule has 1 heterocycles. The van der Waals surface area contributed by atoms with Crippen molar-refractivity contribution in [1.82, 2.24) is 5.32 Å². The van der Waals surface area contributed by atoms with E-state index in [1.807, 2.05) is 0 Å². The van der Waals surface area contributed by atoms with Gasteiger partial charge in [-0.3, -0.25) is 4.90 Å². The average molecular weight is 290 g/mol. The molecule has 0 atom stereocenters. The highest BCUT2D eigenvalue weighted by atomic mass is 16.5. The van der Waals surface area contributed by atoms with E-state index in [2.05, 4.69) is 12.2 Å². The van der Waals surface area contributed by atoms with Gasteiger partial charge in [-0.15, -0.1) is 0 Å². The third kappa shape index (κ3) is 2.53. The number of nitrogens with zero attached hydrogens (tertiary/aromatic N) is 1. The summed E-state index contributed by atoms with van der Waals surface area (Å²) in [7, 11) is 0. The van der Waals surface area contributed by atoms with Crippen molar-refractivity contribution in [2.45, 2.75) is 25.8 Å². The first-order chi connectivity index (χ1) is 10.1. The molecule has 21 heavy (non-hydrogen) atoms. The van der Waals surface area contributed by atoms with E-state index in [0.717, 1.165) is 12.8 Å². The number of benzene rings is 1. The van der Waals surface area contributed by atoms with Crippen molar-refractivity contribution < 1.29 is 19.4 Å². The number of ether oxygens (including phenoxy) is 1. The molecule has 0 spiro atoms. The molecule has 112 valence electrons. The number of urea groups is 1. The quantitative estimate of drug-likeness (QED) is 0.874. The Hall–Kier alpha value is -2.24. The molecule has 1 saturated carbocycles. The molecule has 0 bridgehead atoms. The van der Waals surface area contributed by atoms with Gasteiger partial charge in [0.15, 0.2) is 5.75 Å². The molecule has 0 aromatic heterocycles. The zero-order valence-corrected chi connectivity index (χ0v) is 11.8. The van der Waals surface area contributed by atoms with E-state index in [-0.39, 0.29) is 23.4 Å². The van der Waals surface area contributed by atoms with Crippen LogP contribution in [0.1, 0.15) is 30.1 Å². The van der Waals surface area contributed by atoms with Crippen molar-refractivity contribution in [3.05, 3.63) is 23.8 Å². The second-order valence-electron chi connectivity index (χ2n) is 5.68. The lowest BCUT2D eigenvalue weighted by molar-refractivity contribution is 0.0691. The van der Waals surface area contributed by atoms with Crippen LogP contribution in [0, 0.1) is 5.92 Å². The summed E-state index contributed by atoms with van der Waals surface area (Å²) in [5, 5.41) is 12.2. The maximum Gasteiger partial charge on any atom is 0.339 e. The Morgan fingerprint density at radius 2 is 2.14 bits per heavy atom. The van der Waals surface area contributed by atoms with Crippen LogP contribution in [0.5, 0.6) is 5.75 Å². The van der Waals surface area contributed by atoms with E-state index in [0.29, 0.717) is 24.8 Å². The van der Waals surface area contributed by atoms with Gasteiger partial charge in [-0.1, -0.05) is 13.0 Å². The van der Waals surface area contributed by atoms with Crippen LogP contribution < -0.4 is 15.0 Å². The third-order valence-corrected chi connectivity index (χ3v) is 4.02. The van der Waals surface area contributed by atoms with Crippen molar-refractivity contribution in [1.29, 1.82) is 0 Å². The maximum absolute atomic E-state index is 12.4. The highest BCUT2D eigenvalue weighted by molar-refractivity contribution is 5.99. The summed E-state index contributed by atoms with van der Waals surface area (Å²) in [6, 6.07) is 4.86. The van der Waals surface area contributed by atoms with Gasteiger partial charge in [0.2, 0.25) is 0 Å². The molecule has 0 saturated heterocycles. The van der Waals surface area contributed by atoms with Gasteiger partial charge in [0.05, 0.1) is 12.2 Å². The van der Waals surface area contributed by atoms with Crippen molar-refractivity contribution in [2.75, 3.05) is 18.1 Å². The molecular formula is C15H18N2O4. The van der Waals surface area contributed by atoms with Crippen LogP contribution in [0.15, 0.2) is 18.2 Å². The van der Waals surface area contributed by atoms with E-state index >= 15 is 0 Å². The Balaban J connectivity index is 1.81. The summed E-state index contributed by atoms with van der Waals surface area (Å²) >= 11 is 0. The van der Waals surface area contributed by atoms with E-state index < -0.39 is 5.97 Å². The summed E-state index contributed by atoms with van der Waals surface area (Å²) in [6.07, 6.45) is 2.00. The van der Waals surface area contributed by atoms with E-state index in [9.17, 15) is 14.7 Å². The van der Waals surface area contributed by atoms with Gasteiger partial charge in [0.1, 0.15) is 12.2 Å². The monoisotopic (exact) mass is 290 g/mol. The molecule has 0 unspecified atom stereocenters. The Labute approximate surface area is 122 Å². The zero-order chi connectivity index (χ0) is 15.0. The molecule has 0 radical (unpaired) electrons. The Kier molecular flexibility index (Phi) is 3.45. The minimum Gasteiger partial charge on any atom is -0.489 e. The van der Waals surface area contributed by atoms with E-state index in [1.54, 1.807) is 17.0 Å². The summed E-state index contributed by atoms with van der Waals surface area (Å²) in [6.45, 7) is 2.88. The standard InChI is InChI=1S/C15H18N2O4/c1-9-7-10(8-9)16-15(20)17-5-6-21-13-11(14(18)19)3-2-4-12(13)17/h2-4,9-10H,5-8H2,1H3,(H,16,20)(H,18,19). The molecule has 1 aromatic carbocycles. The molecule has 2 aliphatic rings. The summed E-state index contributed by atoms with van der Waals surface area (Å²) < 4.78 is 5.46. The van der Waals surface area contributed by atoms with Gasteiger partial charge in [-0.25, -0.2) is 9.59 Å². The van der Waals surface area contributed by atoms with E-state index in [1.165, 1.54) is 6.07 Å². The highest BCUT2D eigenvalue weighted by Crippen LogP contribution is 2.35. The molecule has 3 rings (SSSR count). The highest BCUT2D eigenvalue weighted by Gasteiger charge is 2.31. The fourth-order valence-electron chi connectivity index (χ4n) is 2.90. The number of rotatable bonds is 2. The summed E-state index contributed by atoms with van der Waals surface area (Å²) in [5.74, 6) is -0.124. The molecule has 2 N–H and O–H groups in total. The van der Waals surface area contributed by atoms with Crippen LogP contribution in [-0.2, 0) is 0 Å². The van der Waals surface area contributed by atoms with Gasteiger partial charge in [0.25, 0.3) is 0 Å². The average Bonchev–Trinajstić information content (AvgIpc) is 2.44. The van der Waals surface area contributed by atoms with Crippen LogP contribution >= 0.6 is 0 Å². The van der Waals surface area contributed by atoms with Crippen LogP contribution in [0.2, 0.25) is 0 Å². The van der Waals surface area contributed by atoms with Crippen LogP contribution in [0.4, 0.5) is 10.5 Å². The fourth-order valence-corrected chi connectivity index (χ4v) is 2.90. The Morgan fingerprint density at radius 1 is 1.38 bits per heavy atom. The number of fused-ring (bicyclic) bond motifs is 1. The number of anilines is 1. The van der Waals surface area contributed by atoms with Crippen molar-refractivity contribution in [3.8, 4) is 5.75 Å². The maximum atomic E-state index is 12.4. The van der Waals surface area contributed by atoms with Gasteiger partial charge in [-0.2, -0.15) is 0 Å². The minimum atomic E-state index is -1.05. The lowest BCUT2D eigenvalue weighted by Gasteiger charge is -2.36. The molecule has 1 fully saturated rings. The van der Waals surface area contributed by atoms with Crippen LogP contribution in [0.25, 0.3) is 0 Å². The number of aromatic carboxylic acids is 1. The number of carbonyl (C=O) groups is 2. The number of carboxylic acid groups (broad SMARTS) is 1. The third-order valence-electron chi connectivity index (χ3n) is 4.02. The molecule has 1 aliphatic carbocycles. The lowest BCUT2D eigenvalue weighted by atomic mass is 9.82. The Bertz CT molecular complexity index is 581. The fraction of sp³-hybridized carbons (Fsp3) is 0.467. The van der Waals surface area contributed by atoms with Crippen LogP contribution in [0.3, 0.4) is 0 Å². The number of carboxylic acids is 1. The first-order valence-electron chi connectivity index (χ1n) is 7.13. The first kappa shape index (κ1) is 13.7. The van der Waals surface area contributed by atoms with Gasteiger partial charge >= 0.3 is 12.0 Å². The minimum absolute atomic E-state index is 0.0854. The predicted octanol–water partition coefficient (Wildman–Crippen LogP) is 2.09. The summed E-state index contributed by atoms with van der Waals surface area (Å²) in [5.41, 5.74) is 0.605. The number of amides is 2. The smallest absolute Gasteiger partial charge is 0.339 e. The lowest BCUT2D eigenvalue weighted by Crippen LogP contribution is -2.51. The second kappa shape index (κ2) is 5.27. The first-order valence-corrected chi connectivity index (χ1v) is 7.13. The van der Waals surface area contributed by atoms with Gasteiger partial charge < -0.3 is 15.2 Å².